The molecule has 1 aromatic rings. The van der Waals surface area contributed by atoms with Crippen LogP contribution < -0.4 is 5.32 Å². The molecule has 0 aliphatic carbocycles. The summed E-state index contributed by atoms with van der Waals surface area (Å²) in [5.74, 6) is 0. The normalized spacial score (nSPS) is 12.5. The third-order valence-electron chi connectivity index (χ3n) is 2.67. The van der Waals surface area contributed by atoms with Gasteiger partial charge in [-0.15, -0.1) is 6.58 Å². The SMILES string of the molecule is C=CCC(C)NCc1cc(C)ccc1C. The highest BCUT2D eigenvalue weighted by atomic mass is 14.9. The average Bonchev–Trinajstić information content (AvgIpc) is 2.20. The Kier molecular flexibility index (Phi) is 4.57. The van der Waals surface area contributed by atoms with Gasteiger partial charge in [0.1, 0.15) is 0 Å². The van der Waals surface area contributed by atoms with E-state index >= 15 is 0 Å². The predicted molar refractivity (Wildman–Crippen MR) is 67.0 cm³/mol. The Labute approximate surface area is 93.2 Å². The first-order valence-corrected chi connectivity index (χ1v) is 5.54. The first kappa shape index (κ1) is 12.0. The Morgan fingerprint density at radius 2 is 2.13 bits per heavy atom. The standard InChI is InChI=1S/C14H21N/c1-5-6-13(4)15-10-14-9-11(2)7-8-12(14)3/h5,7-9,13,15H,1,6,10H2,2-4H3. The van der Waals surface area contributed by atoms with Gasteiger partial charge in [0, 0.05) is 12.6 Å². The van der Waals surface area contributed by atoms with E-state index in [1.807, 2.05) is 6.08 Å². The van der Waals surface area contributed by atoms with Crippen molar-refractivity contribution in [3.63, 3.8) is 0 Å². The Morgan fingerprint density at radius 3 is 2.80 bits per heavy atom. The van der Waals surface area contributed by atoms with E-state index in [2.05, 4.69) is 50.9 Å². The summed E-state index contributed by atoms with van der Waals surface area (Å²) >= 11 is 0. The lowest BCUT2D eigenvalue weighted by molar-refractivity contribution is 0.552. The number of hydrogen-bond acceptors (Lipinski definition) is 1. The molecule has 0 saturated heterocycles. The molecule has 15 heavy (non-hydrogen) atoms. The van der Waals surface area contributed by atoms with Gasteiger partial charge < -0.3 is 5.32 Å². The zero-order chi connectivity index (χ0) is 11.3. The molecule has 1 aromatic carbocycles. The number of aryl methyl sites for hydroxylation is 2. The fourth-order valence-corrected chi connectivity index (χ4v) is 1.61. The highest BCUT2D eigenvalue weighted by molar-refractivity contribution is 5.30. The molecule has 0 radical (unpaired) electrons. The van der Waals surface area contributed by atoms with E-state index in [0.29, 0.717) is 6.04 Å². The van der Waals surface area contributed by atoms with Crippen molar-refractivity contribution in [3.05, 3.63) is 47.5 Å². The van der Waals surface area contributed by atoms with Gasteiger partial charge in [0.05, 0.1) is 0 Å². The van der Waals surface area contributed by atoms with Crippen molar-refractivity contribution < 1.29 is 0 Å². The maximum Gasteiger partial charge on any atom is 0.0210 e. The van der Waals surface area contributed by atoms with Crippen LogP contribution in [0.5, 0.6) is 0 Å². The van der Waals surface area contributed by atoms with E-state index in [4.69, 9.17) is 0 Å². The smallest absolute Gasteiger partial charge is 0.0210 e. The zero-order valence-corrected chi connectivity index (χ0v) is 10.0. The molecule has 82 valence electrons. The monoisotopic (exact) mass is 203 g/mol. The molecule has 1 rings (SSSR count). The van der Waals surface area contributed by atoms with Gasteiger partial charge in [-0.1, -0.05) is 29.8 Å². The van der Waals surface area contributed by atoms with Crippen molar-refractivity contribution in [3.8, 4) is 0 Å². The van der Waals surface area contributed by atoms with Crippen LogP contribution in [-0.2, 0) is 6.54 Å². The summed E-state index contributed by atoms with van der Waals surface area (Å²) in [6.07, 6.45) is 2.98. The minimum atomic E-state index is 0.502. The molecule has 0 heterocycles. The third kappa shape index (κ3) is 3.88. The summed E-state index contributed by atoms with van der Waals surface area (Å²) < 4.78 is 0. The van der Waals surface area contributed by atoms with Crippen LogP contribution in [0.1, 0.15) is 30.0 Å². The van der Waals surface area contributed by atoms with Gasteiger partial charge in [-0.3, -0.25) is 0 Å². The topological polar surface area (TPSA) is 12.0 Å². The van der Waals surface area contributed by atoms with Gasteiger partial charge in [0.25, 0.3) is 0 Å². The van der Waals surface area contributed by atoms with E-state index in [9.17, 15) is 0 Å². The summed E-state index contributed by atoms with van der Waals surface area (Å²) in [6.45, 7) is 11.2. The average molecular weight is 203 g/mol. The van der Waals surface area contributed by atoms with Crippen molar-refractivity contribution in [1.29, 1.82) is 0 Å². The van der Waals surface area contributed by atoms with Crippen LogP contribution >= 0.6 is 0 Å². The summed E-state index contributed by atoms with van der Waals surface area (Å²) in [7, 11) is 0. The van der Waals surface area contributed by atoms with Crippen molar-refractivity contribution in [2.75, 3.05) is 0 Å². The fourth-order valence-electron chi connectivity index (χ4n) is 1.61. The van der Waals surface area contributed by atoms with Crippen LogP contribution in [0.2, 0.25) is 0 Å². The van der Waals surface area contributed by atoms with Crippen molar-refractivity contribution in [2.24, 2.45) is 0 Å². The Hall–Kier alpha value is -1.08. The Balaban J connectivity index is 2.56. The van der Waals surface area contributed by atoms with Crippen LogP contribution in [-0.4, -0.2) is 6.04 Å². The van der Waals surface area contributed by atoms with Crippen molar-refractivity contribution >= 4 is 0 Å². The second-order valence-corrected chi connectivity index (χ2v) is 4.24. The van der Waals surface area contributed by atoms with E-state index in [1.165, 1.54) is 16.7 Å². The third-order valence-corrected chi connectivity index (χ3v) is 2.67. The van der Waals surface area contributed by atoms with Gasteiger partial charge in [-0.2, -0.15) is 0 Å². The van der Waals surface area contributed by atoms with Crippen LogP contribution in [0, 0.1) is 13.8 Å². The molecule has 1 nitrogen and oxygen atoms in total. The molecule has 0 aliphatic rings. The summed E-state index contributed by atoms with van der Waals surface area (Å²) in [6, 6.07) is 7.10. The predicted octanol–water partition coefficient (Wildman–Crippen LogP) is 3.36. The zero-order valence-electron chi connectivity index (χ0n) is 10.0. The lowest BCUT2D eigenvalue weighted by Crippen LogP contribution is -2.25. The molecule has 0 saturated carbocycles. The number of benzene rings is 1. The van der Waals surface area contributed by atoms with Crippen LogP contribution in [0.4, 0.5) is 0 Å². The van der Waals surface area contributed by atoms with E-state index in [-0.39, 0.29) is 0 Å². The largest absolute Gasteiger partial charge is 0.310 e. The molecule has 1 unspecified atom stereocenters. The van der Waals surface area contributed by atoms with Crippen molar-refractivity contribution in [2.45, 2.75) is 39.8 Å². The number of rotatable bonds is 5. The molecular formula is C14H21N. The molecule has 0 fully saturated rings. The molecule has 0 spiro atoms. The maximum absolute atomic E-state index is 3.75. The first-order chi connectivity index (χ1) is 7.13. The molecule has 0 amide bonds. The Bertz CT molecular complexity index is 328. The summed E-state index contributed by atoms with van der Waals surface area (Å²) in [5, 5.41) is 3.50. The Morgan fingerprint density at radius 1 is 1.40 bits per heavy atom. The molecule has 0 aliphatic heterocycles. The second-order valence-electron chi connectivity index (χ2n) is 4.24. The summed E-state index contributed by atoms with van der Waals surface area (Å²) in [4.78, 5) is 0. The maximum atomic E-state index is 3.75. The minimum Gasteiger partial charge on any atom is -0.310 e. The van der Waals surface area contributed by atoms with Crippen molar-refractivity contribution in [1.82, 2.24) is 5.32 Å². The molecule has 1 heteroatoms. The number of hydrogen-bond donors (Lipinski definition) is 1. The van der Waals surface area contributed by atoms with Gasteiger partial charge >= 0.3 is 0 Å². The minimum absolute atomic E-state index is 0.502. The fraction of sp³-hybridized carbons (Fsp3) is 0.429. The first-order valence-electron chi connectivity index (χ1n) is 5.54. The quantitative estimate of drug-likeness (QED) is 0.724. The van der Waals surface area contributed by atoms with E-state index in [0.717, 1.165) is 13.0 Å². The van der Waals surface area contributed by atoms with Gasteiger partial charge in [-0.05, 0) is 38.3 Å². The summed E-state index contributed by atoms with van der Waals surface area (Å²) in [5.41, 5.74) is 4.08. The molecule has 1 atom stereocenters. The molecule has 0 bridgehead atoms. The second kappa shape index (κ2) is 5.72. The van der Waals surface area contributed by atoms with Gasteiger partial charge in [0.2, 0.25) is 0 Å². The van der Waals surface area contributed by atoms with Gasteiger partial charge in [-0.25, -0.2) is 0 Å². The van der Waals surface area contributed by atoms with Crippen LogP contribution in [0.25, 0.3) is 0 Å². The van der Waals surface area contributed by atoms with E-state index < -0.39 is 0 Å². The highest BCUT2D eigenvalue weighted by Crippen LogP contribution is 2.10. The van der Waals surface area contributed by atoms with Crippen LogP contribution in [0.3, 0.4) is 0 Å². The highest BCUT2D eigenvalue weighted by Gasteiger charge is 2.01. The van der Waals surface area contributed by atoms with Crippen LogP contribution in [0.15, 0.2) is 30.9 Å². The molecule has 1 N–H and O–H groups in total. The van der Waals surface area contributed by atoms with E-state index in [1.54, 1.807) is 0 Å². The van der Waals surface area contributed by atoms with Gasteiger partial charge in [0.15, 0.2) is 0 Å². The lowest BCUT2D eigenvalue weighted by Gasteiger charge is -2.13. The number of nitrogens with one attached hydrogen (secondary N) is 1. The molecule has 0 aromatic heterocycles. The lowest BCUT2D eigenvalue weighted by atomic mass is 10.1. The molecular weight excluding hydrogens is 182 g/mol.